The number of hydrogen-bond acceptors (Lipinski definition) is 6. The molecule has 148 valence electrons. The van der Waals surface area contributed by atoms with Crippen molar-refractivity contribution in [2.24, 2.45) is 0 Å². The predicted octanol–water partition coefficient (Wildman–Crippen LogP) is 2.99. The number of nitrogens with one attached hydrogen (secondary N) is 1. The Bertz CT molecular complexity index is 1080. The lowest BCUT2D eigenvalue weighted by molar-refractivity contribution is 0.249. The molecule has 2 heterocycles. The summed E-state index contributed by atoms with van der Waals surface area (Å²) in [6, 6.07) is 11.4. The average molecular weight is 421 g/mol. The number of sulfonamides is 1. The second-order valence-corrected chi connectivity index (χ2v) is 9.05. The average Bonchev–Trinajstić information content (AvgIpc) is 3.18. The Balaban J connectivity index is 1.28. The molecule has 3 aromatic rings. The van der Waals surface area contributed by atoms with E-state index in [4.69, 9.17) is 11.6 Å². The number of nitrogens with zero attached hydrogens (tertiary/aromatic N) is 3. The molecule has 0 atom stereocenters. The van der Waals surface area contributed by atoms with Crippen LogP contribution in [0.4, 0.5) is 0 Å². The fourth-order valence-electron chi connectivity index (χ4n) is 3.52. The molecule has 7 nitrogen and oxygen atoms in total. The first kappa shape index (κ1) is 19.3. The maximum Gasteiger partial charge on any atom is 0.242 e. The van der Waals surface area contributed by atoms with E-state index in [9.17, 15) is 8.42 Å². The van der Waals surface area contributed by atoms with Crippen molar-refractivity contribution in [1.82, 2.24) is 19.9 Å². The summed E-state index contributed by atoms with van der Waals surface area (Å²) in [5.41, 5.74) is 3.22. The fraction of sp³-hybridized carbons (Fsp3) is 0.368. The van der Waals surface area contributed by atoms with Gasteiger partial charge in [0.25, 0.3) is 0 Å². The summed E-state index contributed by atoms with van der Waals surface area (Å²) in [6.07, 6.45) is 2.75. The van der Waals surface area contributed by atoms with Crippen LogP contribution in [-0.2, 0) is 23.0 Å². The van der Waals surface area contributed by atoms with Crippen LogP contribution in [0.3, 0.4) is 0 Å². The van der Waals surface area contributed by atoms with Gasteiger partial charge in [-0.05, 0) is 59.4 Å². The third-order valence-electron chi connectivity index (χ3n) is 5.02. The lowest BCUT2D eigenvalue weighted by Crippen LogP contribution is -2.32. The maximum absolute atomic E-state index is 12.6. The number of unbranched alkanes of at least 4 members (excludes halogenated alkanes) is 1. The van der Waals surface area contributed by atoms with E-state index in [-0.39, 0.29) is 15.9 Å². The number of rotatable bonds is 7. The molecule has 1 N–H and O–H groups in total. The molecule has 0 radical (unpaired) electrons. The molecular formula is C19H21ClN4O3S. The molecule has 0 saturated heterocycles. The Hall–Kier alpha value is -2.00. The minimum atomic E-state index is -3.70. The zero-order chi connectivity index (χ0) is 19.6. The van der Waals surface area contributed by atoms with Gasteiger partial charge in [-0.3, -0.25) is 4.90 Å². The molecule has 1 aromatic heterocycles. The molecule has 0 bridgehead atoms. The highest BCUT2D eigenvalue weighted by Gasteiger charge is 2.21. The molecule has 0 fully saturated rings. The van der Waals surface area contributed by atoms with Crippen LogP contribution < -0.4 is 4.72 Å². The summed E-state index contributed by atoms with van der Waals surface area (Å²) in [6.45, 7) is 3.32. The summed E-state index contributed by atoms with van der Waals surface area (Å²) in [5.74, 6) is 0. The summed E-state index contributed by atoms with van der Waals surface area (Å²) in [4.78, 5) is 2.45. The minimum absolute atomic E-state index is 0.0285. The normalized spacial score (nSPS) is 15.0. The number of benzene rings is 2. The highest BCUT2D eigenvalue weighted by molar-refractivity contribution is 7.89. The first-order chi connectivity index (χ1) is 13.5. The van der Waals surface area contributed by atoms with E-state index in [2.05, 4.69) is 48.8 Å². The Kier molecular flexibility index (Phi) is 5.63. The SMILES string of the molecule is O=S(=O)(NCCCCN1CCc2ccccc2C1)c1ccc(Cl)c2nonc12. The molecule has 0 saturated carbocycles. The zero-order valence-corrected chi connectivity index (χ0v) is 16.8. The Morgan fingerprint density at radius 1 is 1.07 bits per heavy atom. The highest BCUT2D eigenvalue weighted by Crippen LogP contribution is 2.26. The molecule has 0 unspecified atom stereocenters. The monoisotopic (exact) mass is 420 g/mol. The summed E-state index contributed by atoms with van der Waals surface area (Å²) in [5, 5.41) is 7.63. The molecule has 0 spiro atoms. The topological polar surface area (TPSA) is 88.3 Å². The number of aromatic nitrogens is 2. The molecule has 1 aliphatic rings. The van der Waals surface area contributed by atoms with E-state index in [0.29, 0.717) is 11.6 Å². The maximum atomic E-state index is 12.6. The Morgan fingerprint density at radius 3 is 2.71 bits per heavy atom. The summed E-state index contributed by atoms with van der Waals surface area (Å²) < 4.78 is 32.4. The van der Waals surface area contributed by atoms with Gasteiger partial charge in [-0.15, -0.1) is 0 Å². The molecule has 1 aliphatic heterocycles. The van der Waals surface area contributed by atoms with Crippen LogP contribution in [0, 0.1) is 0 Å². The van der Waals surface area contributed by atoms with Crippen LogP contribution in [0.25, 0.3) is 11.0 Å². The van der Waals surface area contributed by atoms with Crippen molar-refractivity contribution in [3.63, 3.8) is 0 Å². The zero-order valence-electron chi connectivity index (χ0n) is 15.3. The van der Waals surface area contributed by atoms with Crippen LogP contribution in [0.5, 0.6) is 0 Å². The second-order valence-electron chi connectivity index (χ2n) is 6.91. The highest BCUT2D eigenvalue weighted by atomic mass is 35.5. The minimum Gasteiger partial charge on any atom is -0.299 e. The third-order valence-corrected chi connectivity index (χ3v) is 6.82. The molecular weight excluding hydrogens is 400 g/mol. The standard InChI is InChI=1S/C19H21ClN4O3S/c20-16-7-8-17(19-18(16)22-27-23-19)28(25,26)21-10-3-4-11-24-12-9-14-5-1-2-6-15(14)13-24/h1-2,5-8,21H,3-4,9-13H2. The van der Waals surface area contributed by atoms with Crippen LogP contribution in [-0.4, -0.2) is 43.3 Å². The van der Waals surface area contributed by atoms with Crippen LogP contribution in [0.2, 0.25) is 5.02 Å². The van der Waals surface area contributed by atoms with Gasteiger partial charge in [0.05, 0.1) is 5.02 Å². The van der Waals surface area contributed by atoms with E-state index in [0.717, 1.165) is 38.9 Å². The van der Waals surface area contributed by atoms with Crippen molar-refractivity contribution in [3.05, 3.63) is 52.5 Å². The van der Waals surface area contributed by atoms with Gasteiger partial charge >= 0.3 is 0 Å². The number of hydrogen-bond donors (Lipinski definition) is 1. The van der Waals surface area contributed by atoms with E-state index in [1.165, 1.54) is 23.3 Å². The van der Waals surface area contributed by atoms with Gasteiger partial charge in [0.15, 0.2) is 11.0 Å². The largest absolute Gasteiger partial charge is 0.299 e. The smallest absolute Gasteiger partial charge is 0.242 e. The van der Waals surface area contributed by atoms with Gasteiger partial charge in [0.1, 0.15) is 4.90 Å². The van der Waals surface area contributed by atoms with Crippen molar-refractivity contribution < 1.29 is 13.0 Å². The quantitative estimate of drug-likeness (QED) is 0.591. The van der Waals surface area contributed by atoms with Crippen LogP contribution in [0.1, 0.15) is 24.0 Å². The lowest BCUT2D eigenvalue weighted by atomic mass is 10.00. The summed E-state index contributed by atoms with van der Waals surface area (Å²) in [7, 11) is -3.70. The van der Waals surface area contributed by atoms with E-state index >= 15 is 0 Å². The van der Waals surface area contributed by atoms with Gasteiger partial charge in [-0.1, -0.05) is 35.9 Å². The van der Waals surface area contributed by atoms with Gasteiger partial charge in [0, 0.05) is 19.6 Å². The second kappa shape index (κ2) is 8.16. The Morgan fingerprint density at radius 2 is 1.86 bits per heavy atom. The first-order valence-corrected chi connectivity index (χ1v) is 11.1. The Labute approximate surface area is 168 Å². The molecule has 2 aromatic carbocycles. The number of halogens is 1. The molecule has 28 heavy (non-hydrogen) atoms. The molecule has 0 amide bonds. The van der Waals surface area contributed by atoms with Gasteiger partial charge in [-0.2, -0.15) is 0 Å². The van der Waals surface area contributed by atoms with Gasteiger partial charge in [-0.25, -0.2) is 17.8 Å². The van der Waals surface area contributed by atoms with Crippen molar-refractivity contribution in [2.75, 3.05) is 19.6 Å². The van der Waals surface area contributed by atoms with Crippen molar-refractivity contribution in [1.29, 1.82) is 0 Å². The molecule has 0 aliphatic carbocycles. The van der Waals surface area contributed by atoms with E-state index < -0.39 is 10.0 Å². The first-order valence-electron chi connectivity index (χ1n) is 9.24. The molecule has 9 heteroatoms. The predicted molar refractivity (Wildman–Crippen MR) is 107 cm³/mol. The van der Waals surface area contributed by atoms with E-state index in [1.807, 2.05) is 0 Å². The van der Waals surface area contributed by atoms with Crippen molar-refractivity contribution >= 4 is 32.7 Å². The third kappa shape index (κ3) is 4.05. The van der Waals surface area contributed by atoms with Crippen LogP contribution in [0.15, 0.2) is 45.9 Å². The lowest BCUT2D eigenvalue weighted by Gasteiger charge is -2.28. The summed E-state index contributed by atoms with van der Waals surface area (Å²) >= 11 is 5.99. The van der Waals surface area contributed by atoms with Gasteiger partial charge < -0.3 is 0 Å². The number of fused-ring (bicyclic) bond motifs is 2. The fourth-order valence-corrected chi connectivity index (χ4v) is 4.91. The van der Waals surface area contributed by atoms with Crippen molar-refractivity contribution in [3.8, 4) is 0 Å². The molecule has 4 rings (SSSR count). The van der Waals surface area contributed by atoms with Crippen LogP contribution >= 0.6 is 11.6 Å². The van der Waals surface area contributed by atoms with Gasteiger partial charge in [0.2, 0.25) is 10.0 Å². The van der Waals surface area contributed by atoms with E-state index in [1.54, 1.807) is 0 Å². The van der Waals surface area contributed by atoms with Crippen molar-refractivity contribution in [2.45, 2.75) is 30.7 Å².